The van der Waals surface area contributed by atoms with E-state index in [4.69, 9.17) is 0 Å². The Morgan fingerprint density at radius 3 is 2.32 bits per heavy atom. The molecule has 1 saturated heterocycles. The van der Waals surface area contributed by atoms with Crippen LogP contribution < -0.4 is 5.32 Å². The first-order chi connectivity index (χ1) is 9.07. The molecule has 1 aliphatic carbocycles. The number of carboxylic acids is 1. The van der Waals surface area contributed by atoms with E-state index in [1.165, 1.54) is 12.8 Å². The summed E-state index contributed by atoms with van der Waals surface area (Å²) in [5.41, 5.74) is -0.621. The van der Waals surface area contributed by atoms with E-state index in [0.717, 1.165) is 12.8 Å². The summed E-state index contributed by atoms with van der Waals surface area (Å²) in [6.45, 7) is 3.03. The largest absolute Gasteiger partial charge is 0.481 e. The van der Waals surface area contributed by atoms with E-state index < -0.39 is 11.4 Å². The summed E-state index contributed by atoms with van der Waals surface area (Å²) in [4.78, 5) is 25.2. The van der Waals surface area contributed by atoms with Crippen molar-refractivity contribution in [2.75, 3.05) is 13.1 Å². The summed E-state index contributed by atoms with van der Waals surface area (Å²) in [7, 11) is 0. The molecule has 0 unspecified atom stereocenters. The molecule has 0 aromatic rings. The fourth-order valence-corrected chi connectivity index (χ4v) is 3.19. The lowest BCUT2D eigenvalue weighted by atomic mass is 9.76. The van der Waals surface area contributed by atoms with Gasteiger partial charge in [0.25, 0.3) is 0 Å². The molecular weight excluding hydrogens is 244 g/mol. The fraction of sp³-hybridized carbons (Fsp3) is 0.857. The molecule has 2 rings (SSSR count). The normalized spacial score (nSPS) is 23.3. The van der Waals surface area contributed by atoms with Crippen LogP contribution in [0.3, 0.4) is 0 Å². The van der Waals surface area contributed by atoms with E-state index in [-0.39, 0.29) is 6.03 Å². The van der Waals surface area contributed by atoms with Crippen LogP contribution >= 0.6 is 0 Å². The van der Waals surface area contributed by atoms with E-state index in [9.17, 15) is 14.7 Å². The van der Waals surface area contributed by atoms with Crippen LogP contribution in [0.1, 0.15) is 51.9 Å². The summed E-state index contributed by atoms with van der Waals surface area (Å²) in [6, 6.07) is 0.312. The third-order valence-corrected chi connectivity index (χ3v) is 4.82. The van der Waals surface area contributed by atoms with Gasteiger partial charge in [0.05, 0.1) is 5.41 Å². The van der Waals surface area contributed by atoms with Crippen LogP contribution in [0, 0.1) is 5.41 Å². The molecule has 19 heavy (non-hydrogen) atoms. The van der Waals surface area contributed by atoms with Crippen molar-refractivity contribution in [3.63, 3.8) is 0 Å². The lowest BCUT2D eigenvalue weighted by Gasteiger charge is -2.38. The zero-order valence-corrected chi connectivity index (χ0v) is 11.7. The number of hydrogen-bond donors (Lipinski definition) is 2. The first kappa shape index (κ1) is 14.2. The van der Waals surface area contributed by atoms with Crippen LogP contribution in [0.2, 0.25) is 0 Å². The van der Waals surface area contributed by atoms with Crippen molar-refractivity contribution in [2.24, 2.45) is 5.41 Å². The minimum absolute atomic E-state index is 0.0120. The number of nitrogens with zero attached hydrogens (tertiary/aromatic N) is 1. The van der Waals surface area contributed by atoms with Crippen LogP contribution in [0.4, 0.5) is 4.79 Å². The second kappa shape index (κ2) is 5.80. The van der Waals surface area contributed by atoms with Gasteiger partial charge in [-0.25, -0.2) is 4.79 Å². The summed E-state index contributed by atoms with van der Waals surface area (Å²) in [5, 5.41) is 12.4. The Kier molecular flexibility index (Phi) is 4.32. The van der Waals surface area contributed by atoms with E-state index in [2.05, 4.69) is 5.32 Å². The maximum Gasteiger partial charge on any atom is 0.317 e. The number of nitrogens with one attached hydrogen (secondary N) is 1. The zero-order valence-electron chi connectivity index (χ0n) is 11.7. The van der Waals surface area contributed by atoms with Crippen molar-refractivity contribution in [1.29, 1.82) is 0 Å². The van der Waals surface area contributed by atoms with Crippen molar-refractivity contribution in [1.82, 2.24) is 10.2 Å². The minimum atomic E-state index is -0.717. The molecule has 5 nitrogen and oxygen atoms in total. The number of carbonyl (C=O) groups excluding carboxylic acids is 1. The Morgan fingerprint density at radius 1 is 1.26 bits per heavy atom. The quantitative estimate of drug-likeness (QED) is 0.824. The van der Waals surface area contributed by atoms with Gasteiger partial charge in [0.15, 0.2) is 0 Å². The molecule has 0 bridgehead atoms. The van der Waals surface area contributed by atoms with Crippen LogP contribution in [-0.4, -0.2) is 41.1 Å². The lowest BCUT2D eigenvalue weighted by Crippen LogP contribution is -2.51. The summed E-state index contributed by atoms with van der Waals surface area (Å²) < 4.78 is 0. The third kappa shape index (κ3) is 3.01. The summed E-state index contributed by atoms with van der Waals surface area (Å²) in [6.07, 6.45) is 6.32. The number of rotatable bonds is 3. The molecule has 0 atom stereocenters. The molecule has 1 saturated carbocycles. The average molecular weight is 268 g/mol. The molecule has 0 spiro atoms. The molecule has 108 valence electrons. The van der Waals surface area contributed by atoms with Crippen molar-refractivity contribution in [3.8, 4) is 0 Å². The Balaban J connectivity index is 1.85. The highest BCUT2D eigenvalue weighted by Crippen LogP contribution is 2.35. The minimum Gasteiger partial charge on any atom is -0.481 e. The van der Waals surface area contributed by atoms with E-state index >= 15 is 0 Å². The number of hydrogen-bond acceptors (Lipinski definition) is 2. The highest BCUT2D eigenvalue weighted by atomic mass is 16.4. The highest BCUT2D eigenvalue weighted by molar-refractivity contribution is 5.77. The maximum absolute atomic E-state index is 12.1. The van der Waals surface area contributed by atoms with Gasteiger partial charge in [-0.05, 0) is 32.1 Å². The van der Waals surface area contributed by atoms with Gasteiger partial charge in [0, 0.05) is 19.1 Å². The van der Waals surface area contributed by atoms with Crippen LogP contribution in [0.15, 0.2) is 0 Å². The topological polar surface area (TPSA) is 69.6 Å². The van der Waals surface area contributed by atoms with Crippen molar-refractivity contribution < 1.29 is 14.7 Å². The van der Waals surface area contributed by atoms with E-state index in [1.54, 1.807) is 4.90 Å². The average Bonchev–Trinajstić information content (AvgIpc) is 2.91. The van der Waals surface area contributed by atoms with E-state index in [1.807, 2.05) is 6.92 Å². The number of likely N-dealkylation sites (tertiary alicyclic amines) is 1. The van der Waals surface area contributed by atoms with Gasteiger partial charge in [0.1, 0.15) is 0 Å². The Morgan fingerprint density at radius 2 is 1.84 bits per heavy atom. The number of amides is 2. The first-order valence-electron chi connectivity index (χ1n) is 7.36. The molecule has 2 amide bonds. The molecule has 1 heterocycles. The lowest BCUT2D eigenvalue weighted by molar-refractivity contribution is -0.151. The molecular formula is C14H24N2O3. The van der Waals surface area contributed by atoms with Crippen LogP contribution in [-0.2, 0) is 4.79 Å². The Hall–Kier alpha value is -1.26. The molecule has 0 aromatic carbocycles. The van der Waals surface area contributed by atoms with Gasteiger partial charge in [-0.1, -0.05) is 19.8 Å². The highest BCUT2D eigenvalue weighted by Gasteiger charge is 2.41. The standard InChI is InChI=1S/C14H24N2O3/c1-2-14(12(17)18)7-9-16(10-8-14)13(19)15-11-5-3-4-6-11/h11H,2-10H2,1H3,(H,15,19)(H,17,18). The summed E-state index contributed by atoms with van der Waals surface area (Å²) >= 11 is 0. The third-order valence-electron chi connectivity index (χ3n) is 4.82. The molecule has 5 heteroatoms. The van der Waals surface area contributed by atoms with Gasteiger partial charge >= 0.3 is 12.0 Å². The molecule has 0 radical (unpaired) electrons. The SMILES string of the molecule is CCC1(C(=O)O)CCN(C(=O)NC2CCCC2)CC1. The van der Waals surface area contributed by atoms with Gasteiger partial charge in [-0.15, -0.1) is 0 Å². The van der Waals surface area contributed by atoms with Crippen LogP contribution in [0.5, 0.6) is 0 Å². The number of urea groups is 1. The van der Waals surface area contributed by atoms with Crippen molar-refractivity contribution in [2.45, 2.75) is 57.9 Å². The fourth-order valence-electron chi connectivity index (χ4n) is 3.19. The first-order valence-corrected chi connectivity index (χ1v) is 7.36. The molecule has 0 aromatic heterocycles. The molecule has 2 fully saturated rings. The number of carboxylic acid groups (broad SMARTS) is 1. The van der Waals surface area contributed by atoms with Gasteiger partial charge in [-0.2, -0.15) is 0 Å². The molecule has 2 N–H and O–H groups in total. The second-order valence-corrected chi connectivity index (χ2v) is 5.86. The monoisotopic (exact) mass is 268 g/mol. The number of piperidine rings is 1. The predicted octanol–water partition coefficient (Wildman–Crippen LogP) is 2.22. The van der Waals surface area contributed by atoms with Crippen molar-refractivity contribution >= 4 is 12.0 Å². The van der Waals surface area contributed by atoms with Crippen LogP contribution in [0.25, 0.3) is 0 Å². The number of carbonyl (C=O) groups is 2. The van der Waals surface area contributed by atoms with Crippen molar-refractivity contribution in [3.05, 3.63) is 0 Å². The smallest absolute Gasteiger partial charge is 0.317 e. The van der Waals surface area contributed by atoms with Gasteiger partial charge in [0.2, 0.25) is 0 Å². The number of aliphatic carboxylic acids is 1. The zero-order chi connectivity index (χ0) is 13.9. The molecule has 2 aliphatic rings. The van der Waals surface area contributed by atoms with Gasteiger partial charge in [-0.3, -0.25) is 4.79 Å². The van der Waals surface area contributed by atoms with E-state index in [0.29, 0.717) is 38.4 Å². The second-order valence-electron chi connectivity index (χ2n) is 5.86. The predicted molar refractivity (Wildman–Crippen MR) is 72.0 cm³/mol. The van der Waals surface area contributed by atoms with Gasteiger partial charge < -0.3 is 15.3 Å². The molecule has 1 aliphatic heterocycles. The Labute approximate surface area is 114 Å². The summed E-state index contributed by atoms with van der Waals surface area (Å²) in [5.74, 6) is -0.717. The maximum atomic E-state index is 12.1. The Bertz CT molecular complexity index is 343.